The predicted molar refractivity (Wildman–Crippen MR) is 31.5 cm³/mol. The molecule has 0 radical (unpaired) electrons. The lowest BCUT2D eigenvalue weighted by molar-refractivity contribution is 0.613. The fourth-order valence-electron chi connectivity index (χ4n) is 0. The predicted octanol–water partition coefficient (Wildman–Crippen LogP) is 2.73. The molecule has 0 aromatic carbocycles. The normalized spacial score (nSPS) is 6.00. The van der Waals surface area contributed by atoms with Crippen molar-refractivity contribution in [2.24, 2.45) is 0 Å². The molecule has 0 aromatic rings. The SMILES string of the molecule is ClCCl.FCBr. The van der Waals surface area contributed by atoms with Gasteiger partial charge in [0.05, 0.1) is 5.34 Å². The second-order valence-corrected chi connectivity index (χ2v) is 1.43. The van der Waals surface area contributed by atoms with Crippen molar-refractivity contribution >= 4 is 39.1 Å². The summed E-state index contributed by atoms with van der Waals surface area (Å²) < 4.78 is 10.2. The molecule has 4 heteroatoms. The molecular weight excluding hydrogens is 194 g/mol. The summed E-state index contributed by atoms with van der Waals surface area (Å²) in [5.41, 5.74) is -0.438. The molecule has 0 rings (SSSR count). The molecule has 0 atom stereocenters. The van der Waals surface area contributed by atoms with E-state index in [4.69, 9.17) is 23.2 Å². The topological polar surface area (TPSA) is 0 Å². The van der Waals surface area contributed by atoms with E-state index in [1.807, 2.05) is 0 Å². The van der Waals surface area contributed by atoms with Crippen LogP contribution in [-0.4, -0.2) is 10.9 Å². The van der Waals surface area contributed by atoms with E-state index >= 15 is 0 Å². The Balaban J connectivity index is 0. The summed E-state index contributed by atoms with van der Waals surface area (Å²) in [6.07, 6.45) is 0. The minimum atomic E-state index is -0.438. The van der Waals surface area contributed by atoms with Gasteiger partial charge in [-0.1, -0.05) is 15.9 Å². The minimum Gasteiger partial charge on any atom is -0.239 e. The largest absolute Gasteiger partial charge is 0.239 e. The molecule has 0 aliphatic rings. The maximum Gasteiger partial charge on any atom is 0.144 e. The first-order valence-corrected chi connectivity index (χ1v) is 3.26. The molecule has 0 nitrogen and oxygen atoms in total. The molecule has 6 heavy (non-hydrogen) atoms. The Morgan fingerprint density at radius 3 is 1.50 bits per heavy atom. The third-order valence-electron chi connectivity index (χ3n) is 0. The molecule has 0 N–H and O–H groups in total. The lowest BCUT2D eigenvalue weighted by atomic mass is 11.9. The second kappa shape index (κ2) is 16.7. The van der Waals surface area contributed by atoms with E-state index in [-0.39, 0.29) is 5.34 Å². The molecule has 0 fully saturated rings. The molecule has 0 aromatic heterocycles. The van der Waals surface area contributed by atoms with Crippen molar-refractivity contribution in [1.82, 2.24) is 0 Å². The number of alkyl halides is 4. The summed E-state index contributed by atoms with van der Waals surface area (Å²) in [7, 11) is 0. The van der Waals surface area contributed by atoms with Crippen molar-refractivity contribution in [3.63, 3.8) is 0 Å². The number of rotatable bonds is 0. The smallest absolute Gasteiger partial charge is 0.144 e. The molecular formula is C2H4BrCl2F. The minimum absolute atomic E-state index is 0.194. The van der Waals surface area contributed by atoms with Gasteiger partial charge in [-0.3, -0.25) is 0 Å². The van der Waals surface area contributed by atoms with E-state index < -0.39 is 5.58 Å². The zero-order valence-corrected chi connectivity index (χ0v) is 6.02. The van der Waals surface area contributed by atoms with Gasteiger partial charge in [-0.25, -0.2) is 4.39 Å². The first-order valence-electron chi connectivity index (χ1n) is 1.07. The summed E-state index contributed by atoms with van der Waals surface area (Å²) in [4.78, 5) is 0. The van der Waals surface area contributed by atoms with Gasteiger partial charge in [-0.2, -0.15) is 0 Å². The van der Waals surface area contributed by atoms with E-state index in [2.05, 4.69) is 15.9 Å². The van der Waals surface area contributed by atoms with Gasteiger partial charge < -0.3 is 0 Å². The summed E-state index contributed by atoms with van der Waals surface area (Å²) in [5, 5.41) is 0.194. The van der Waals surface area contributed by atoms with Gasteiger partial charge in [0.25, 0.3) is 0 Å². The van der Waals surface area contributed by atoms with Gasteiger partial charge in [-0.15, -0.1) is 23.2 Å². The Morgan fingerprint density at radius 2 is 1.50 bits per heavy atom. The summed E-state index contributed by atoms with van der Waals surface area (Å²) in [6, 6.07) is 0. The molecule has 0 aliphatic heterocycles. The van der Waals surface area contributed by atoms with Crippen molar-refractivity contribution in [3.8, 4) is 0 Å². The van der Waals surface area contributed by atoms with Crippen molar-refractivity contribution < 1.29 is 4.39 Å². The third-order valence-corrected chi connectivity index (χ3v) is 0. The second-order valence-electron chi connectivity index (χ2n) is 0.202. The molecule has 40 valence electrons. The van der Waals surface area contributed by atoms with Crippen LogP contribution < -0.4 is 0 Å². The van der Waals surface area contributed by atoms with E-state index in [1.54, 1.807) is 0 Å². The highest BCUT2D eigenvalue weighted by Crippen LogP contribution is 1.73. The fourth-order valence-corrected chi connectivity index (χ4v) is 0. The zero-order valence-electron chi connectivity index (χ0n) is 2.93. The summed E-state index contributed by atoms with van der Waals surface area (Å²) in [5.74, 6) is 0. The van der Waals surface area contributed by atoms with Crippen LogP contribution in [0, 0.1) is 0 Å². The lowest BCUT2D eigenvalue weighted by Crippen LogP contribution is -1.27. The van der Waals surface area contributed by atoms with Crippen molar-refractivity contribution in [1.29, 1.82) is 0 Å². The lowest BCUT2D eigenvalue weighted by Gasteiger charge is -1.43. The van der Waals surface area contributed by atoms with Crippen molar-refractivity contribution in [3.05, 3.63) is 0 Å². The van der Waals surface area contributed by atoms with E-state index in [0.29, 0.717) is 0 Å². The van der Waals surface area contributed by atoms with Gasteiger partial charge in [0, 0.05) is 0 Å². The van der Waals surface area contributed by atoms with Crippen LogP contribution in [0.25, 0.3) is 0 Å². The quantitative estimate of drug-likeness (QED) is 0.524. The Bertz CT molecular complexity index is 13.5. The summed E-state index contributed by atoms with van der Waals surface area (Å²) >= 11 is 12.0. The van der Waals surface area contributed by atoms with Gasteiger partial charge in [0.15, 0.2) is 0 Å². The van der Waals surface area contributed by atoms with Crippen LogP contribution in [0.4, 0.5) is 4.39 Å². The molecule has 0 bridgehead atoms. The van der Waals surface area contributed by atoms with E-state index in [1.165, 1.54) is 0 Å². The first kappa shape index (κ1) is 10.1. The third kappa shape index (κ3) is 81.1. The van der Waals surface area contributed by atoms with Crippen LogP contribution in [0.1, 0.15) is 0 Å². The zero-order chi connectivity index (χ0) is 5.41. The van der Waals surface area contributed by atoms with Gasteiger partial charge >= 0.3 is 0 Å². The highest BCUT2D eigenvalue weighted by Gasteiger charge is 1.42. The maximum atomic E-state index is 10.2. The van der Waals surface area contributed by atoms with Crippen LogP contribution in [0.2, 0.25) is 0 Å². The monoisotopic (exact) mass is 196 g/mol. The van der Waals surface area contributed by atoms with Crippen molar-refractivity contribution in [2.45, 2.75) is 0 Å². The van der Waals surface area contributed by atoms with Crippen LogP contribution in [0.3, 0.4) is 0 Å². The molecule has 0 aliphatic carbocycles. The van der Waals surface area contributed by atoms with E-state index in [9.17, 15) is 4.39 Å². The number of halogens is 4. The molecule has 0 amide bonds. The highest BCUT2D eigenvalue weighted by atomic mass is 79.9. The standard InChI is InChI=1S/CH2BrF.CH2Cl2/c2*2-1-3/h2*1H2. The highest BCUT2D eigenvalue weighted by molar-refractivity contribution is 9.09. The Hall–Kier alpha value is 0.990. The van der Waals surface area contributed by atoms with Crippen LogP contribution in [0.5, 0.6) is 0 Å². The average Bonchev–Trinajstić information content (AvgIpc) is 1.39. The molecule has 0 unspecified atom stereocenters. The van der Waals surface area contributed by atoms with Crippen molar-refractivity contribution in [2.75, 3.05) is 10.9 Å². The van der Waals surface area contributed by atoms with Gasteiger partial charge in [0.1, 0.15) is 5.58 Å². The van der Waals surface area contributed by atoms with Gasteiger partial charge in [0.2, 0.25) is 0 Å². The van der Waals surface area contributed by atoms with Gasteiger partial charge in [-0.05, 0) is 0 Å². The van der Waals surface area contributed by atoms with Crippen LogP contribution in [-0.2, 0) is 0 Å². The number of hydrogen-bond acceptors (Lipinski definition) is 0. The Morgan fingerprint density at radius 1 is 1.50 bits per heavy atom. The van der Waals surface area contributed by atoms with E-state index in [0.717, 1.165) is 0 Å². The maximum absolute atomic E-state index is 10.2. The first-order chi connectivity index (χ1) is 2.83. The van der Waals surface area contributed by atoms with Crippen LogP contribution in [0.15, 0.2) is 0 Å². The molecule has 0 heterocycles. The molecule has 0 saturated carbocycles. The molecule has 0 saturated heterocycles. The molecule has 0 spiro atoms. The number of hydrogen-bond donors (Lipinski definition) is 0. The Labute approximate surface area is 54.7 Å². The average molecular weight is 198 g/mol. The Kier molecular flexibility index (Phi) is 28.0. The summed E-state index contributed by atoms with van der Waals surface area (Å²) in [6.45, 7) is 0. The fraction of sp³-hybridized carbons (Fsp3) is 1.00. The van der Waals surface area contributed by atoms with Crippen LogP contribution >= 0.6 is 39.1 Å².